The quantitative estimate of drug-likeness (QED) is 0.0726. The van der Waals surface area contributed by atoms with Gasteiger partial charge in [0.15, 0.2) is 0 Å². The lowest BCUT2D eigenvalue weighted by atomic mass is 9.93. The number of methoxy groups -OCH3 is 2. The van der Waals surface area contributed by atoms with Gasteiger partial charge in [0.1, 0.15) is 36.1 Å². The smallest absolute Gasteiger partial charge is 0.330 e. The summed E-state index contributed by atoms with van der Waals surface area (Å²) < 4.78 is 35.3. The van der Waals surface area contributed by atoms with Gasteiger partial charge in [0.25, 0.3) is 0 Å². The van der Waals surface area contributed by atoms with Crippen molar-refractivity contribution >= 4 is 55.7 Å². The molecule has 420 valence electrons. The maximum Gasteiger partial charge on any atom is 0.330 e. The largest absolute Gasteiger partial charge is 0.496 e. The predicted molar refractivity (Wildman–Crippen MR) is 307 cm³/mol. The van der Waals surface area contributed by atoms with E-state index in [9.17, 15) is 19.2 Å². The lowest BCUT2D eigenvalue weighted by molar-refractivity contribution is -0.122. The fourth-order valence-electron chi connectivity index (χ4n) is 10.7. The topological polar surface area (TPSA) is 243 Å². The summed E-state index contributed by atoms with van der Waals surface area (Å²) in [5.74, 6) is 1.60. The number of hydrogen-bond donors (Lipinski definition) is 2. The number of carbonyl (C=O) groups excluding carboxylic acids is 2. The van der Waals surface area contributed by atoms with E-state index in [1.54, 1.807) is 48.1 Å². The molecule has 0 aliphatic carbocycles. The fraction of sp³-hybridized carbons (Fsp3) is 0.367. The Bertz CT molecular complexity index is 3850. The van der Waals surface area contributed by atoms with Crippen molar-refractivity contribution in [1.29, 1.82) is 0 Å². The van der Waals surface area contributed by atoms with Gasteiger partial charge in [-0.1, -0.05) is 50.1 Å². The summed E-state index contributed by atoms with van der Waals surface area (Å²) in [4.78, 5) is 75.8. The summed E-state index contributed by atoms with van der Waals surface area (Å²) in [6, 6.07) is 17.6. The number of rotatable bonds is 20. The van der Waals surface area contributed by atoms with E-state index in [1.807, 2.05) is 130 Å². The Morgan fingerprint density at radius 3 is 1.36 bits per heavy atom. The van der Waals surface area contributed by atoms with Crippen molar-refractivity contribution in [2.45, 2.75) is 94.4 Å². The maximum atomic E-state index is 14.6. The number of nitrogens with one attached hydrogen (secondary N) is 2. The Morgan fingerprint density at radius 1 is 0.605 bits per heavy atom. The molecule has 2 N–H and O–H groups in total. The zero-order valence-electron chi connectivity index (χ0n) is 47.6. The van der Waals surface area contributed by atoms with E-state index >= 15 is 0 Å². The molecule has 0 fully saturated rings. The van der Waals surface area contributed by atoms with Crippen LogP contribution in [-0.4, -0.2) is 101 Å². The van der Waals surface area contributed by atoms with Gasteiger partial charge in [-0.3, -0.25) is 47.8 Å². The number of aryl methyl sites for hydroxylation is 4. The van der Waals surface area contributed by atoms with E-state index in [4.69, 9.17) is 33.2 Å². The summed E-state index contributed by atoms with van der Waals surface area (Å²) in [5.41, 5.74) is 7.29. The molecule has 2 aromatic carbocycles. The average molecular weight is 1100 g/mol. The molecule has 2 amide bonds. The molecule has 10 rings (SSSR count). The summed E-state index contributed by atoms with van der Waals surface area (Å²) in [7, 11) is 3.17. The van der Waals surface area contributed by atoms with E-state index in [0.29, 0.717) is 89.7 Å². The van der Waals surface area contributed by atoms with Gasteiger partial charge in [0.2, 0.25) is 11.8 Å². The molecule has 8 aromatic heterocycles. The van der Waals surface area contributed by atoms with E-state index in [-0.39, 0.29) is 51.2 Å². The summed E-state index contributed by atoms with van der Waals surface area (Å²) in [5, 5.41) is 15.7. The molecular weight excluding hydrogens is 1030 g/mol. The number of imidazole rings is 2. The van der Waals surface area contributed by atoms with Crippen molar-refractivity contribution in [3.63, 3.8) is 0 Å². The fourth-order valence-corrected chi connectivity index (χ4v) is 10.7. The third-order valence-electron chi connectivity index (χ3n) is 14.9. The maximum absolute atomic E-state index is 14.6. The highest BCUT2D eigenvalue weighted by molar-refractivity contribution is 6.06. The molecule has 0 unspecified atom stereocenters. The van der Waals surface area contributed by atoms with Crippen LogP contribution in [0.4, 0.5) is 0 Å². The number of aromatic nitrogens is 10. The van der Waals surface area contributed by atoms with E-state index in [1.165, 1.54) is 9.13 Å². The van der Waals surface area contributed by atoms with Gasteiger partial charge in [0.05, 0.1) is 119 Å². The van der Waals surface area contributed by atoms with Crippen molar-refractivity contribution < 1.29 is 32.8 Å². The molecule has 2 atom stereocenters. The van der Waals surface area contributed by atoms with Gasteiger partial charge < -0.3 is 33.9 Å². The minimum absolute atomic E-state index is 0.240. The van der Waals surface area contributed by atoms with E-state index < -0.39 is 34.3 Å². The monoisotopic (exact) mass is 1100 g/mol. The van der Waals surface area contributed by atoms with Crippen LogP contribution in [0.25, 0.3) is 66.1 Å². The number of benzene rings is 2. The molecule has 0 radical (unpaired) electrons. The number of pyridine rings is 4. The Morgan fingerprint density at radius 2 is 1.01 bits per heavy atom. The predicted octanol–water partition coefficient (Wildman–Crippen LogP) is 8.59. The van der Waals surface area contributed by atoms with Crippen LogP contribution in [-0.2, 0) is 27.4 Å². The van der Waals surface area contributed by atoms with Gasteiger partial charge in [-0.05, 0) is 90.1 Å². The number of hydrogen-bond acceptors (Lipinski definition) is 15. The number of fused-ring (bicyclic) bond motifs is 6. The van der Waals surface area contributed by atoms with Crippen molar-refractivity contribution in [3.05, 3.63) is 141 Å². The molecule has 0 saturated carbocycles. The third-order valence-corrected chi connectivity index (χ3v) is 14.9. The minimum Gasteiger partial charge on any atom is -0.496 e. The second-order valence-electron chi connectivity index (χ2n) is 22.2. The molecule has 21 heteroatoms. The lowest BCUT2D eigenvalue weighted by Crippen LogP contribution is -2.42. The molecule has 81 heavy (non-hydrogen) atoms. The number of carbonyl (C=O) groups is 2. The standard InChI is InChI=1S/C60H66N12O9/c1-33-53(37(5)80-67-33)41-21-45-39(23-49(41)77-11)55-47(25-63-45)69(57(75)71(55)35(3)43-17-13-15-19-61-43)27-51(73)65-29-59(7,8)31-79-32-60(9,10)30-66-52(74)28-70-48-26-64-46-22-42(54-34(2)68-81-38(54)6)50(78-12)24-40(46)56(48)72(58(70)76)36(4)44-18-14-16-20-62-44/h13-26,35-36H,27-32H2,1-12H3,(H,65,73)(H,66,74)/t35-,36-/m1/s1. The van der Waals surface area contributed by atoms with E-state index in [0.717, 1.165) is 22.3 Å². The van der Waals surface area contributed by atoms with Crippen LogP contribution >= 0.6 is 0 Å². The highest BCUT2D eigenvalue weighted by Crippen LogP contribution is 2.41. The molecule has 0 aliphatic heterocycles. The highest BCUT2D eigenvalue weighted by atomic mass is 16.5. The second kappa shape index (κ2) is 21.9. The molecule has 0 bridgehead atoms. The Kier molecular flexibility index (Phi) is 15.0. The van der Waals surface area contributed by atoms with Crippen LogP contribution in [0.1, 0.15) is 87.9 Å². The van der Waals surface area contributed by atoms with Crippen LogP contribution < -0.4 is 31.5 Å². The molecule has 21 nitrogen and oxygen atoms in total. The van der Waals surface area contributed by atoms with Crippen LogP contribution in [0, 0.1) is 38.5 Å². The number of nitrogens with zero attached hydrogens (tertiary/aromatic N) is 10. The van der Waals surface area contributed by atoms with Gasteiger partial charge in [0, 0.05) is 58.2 Å². The normalized spacial score (nSPS) is 12.9. The number of ether oxygens (including phenoxy) is 3. The molecule has 0 spiro atoms. The van der Waals surface area contributed by atoms with Crippen molar-refractivity contribution in [1.82, 2.24) is 59.2 Å². The highest BCUT2D eigenvalue weighted by Gasteiger charge is 2.30. The first-order chi connectivity index (χ1) is 38.7. The lowest BCUT2D eigenvalue weighted by Gasteiger charge is -2.29. The van der Waals surface area contributed by atoms with Gasteiger partial charge in [-0.2, -0.15) is 0 Å². The second-order valence-corrected chi connectivity index (χ2v) is 22.2. The van der Waals surface area contributed by atoms with Crippen molar-refractivity contribution in [2.24, 2.45) is 10.8 Å². The van der Waals surface area contributed by atoms with Crippen LogP contribution in [0.2, 0.25) is 0 Å². The Balaban J connectivity index is 0.818. The first-order valence-corrected chi connectivity index (χ1v) is 26.7. The van der Waals surface area contributed by atoms with Crippen LogP contribution in [0.15, 0.2) is 104 Å². The summed E-state index contributed by atoms with van der Waals surface area (Å²) >= 11 is 0. The average Bonchev–Trinajstić information content (AvgIpc) is 3.02. The number of amides is 2. The van der Waals surface area contributed by atoms with Crippen molar-refractivity contribution in [3.8, 4) is 33.8 Å². The Labute approximate surface area is 466 Å². The van der Waals surface area contributed by atoms with E-state index in [2.05, 4.69) is 30.9 Å². The Hall–Kier alpha value is -8.98. The van der Waals surface area contributed by atoms with Crippen molar-refractivity contribution in [2.75, 3.05) is 40.5 Å². The summed E-state index contributed by atoms with van der Waals surface area (Å²) in [6.45, 7) is 19.6. The molecule has 0 aliphatic rings. The zero-order valence-corrected chi connectivity index (χ0v) is 47.6. The van der Waals surface area contributed by atoms with Gasteiger partial charge in [-0.15, -0.1) is 0 Å². The SMILES string of the molecule is COc1cc2c(cc1-c1c(C)noc1C)ncc1c2n([C@H](C)c2ccccn2)c(=O)n1CC(=O)NCC(C)(C)COCC(C)(C)CNC(=O)Cn1c(=O)n([C@H](C)c2ccccn2)c2c3cc(OC)c(-c4c(C)noc4C)cc3ncc21. The first-order valence-electron chi connectivity index (χ1n) is 26.7. The minimum atomic E-state index is -0.533. The molecule has 8 heterocycles. The van der Waals surface area contributed by atoms with Gasteiger partial charge >= 0.3 is 11.4 Å². The third kappa shape index (κ3) is 10.6. The van der Waals surface area contributed by atoms with Crippen LogP contribution in [0.3, 0.4) is 0 Å². The molecular formula is C60H66N12O9. The first kappa shape index (κ1) is 55.3. The molecule has 0 saturated heterocycles. The van der Waals surface area contributed by atoms with Crippen LogP contribution in [0.5, 0.6) is 11.5 Å². The summed E-state index contributed by atoms with van der Waals surface area (Å²) in [6.07, 6.45) is 6.61. The zero-order chi connectivity index (χ0) is 57.7. The molecule has 10 aromatic rings. The van der Waals surface area contributed by atoms with Gasteiger partial charge in [-0.25, -0.2) is 9.59 Å².